The van der Waals surface area contributed by atoms with Crippen molar-refractivity contribution < 1.29 is 14.6 Å². The third-order valence-corrected chi connectivity index (χ3v) is 5.74. The second kappa shape index (κ2) is 11.0. The molecule has 2 aromatic heterocycles. The van der Waals surface area contributed by atoms with Crippen LogP contribution in [0.3, 0.4) is 0 Å². The van der Waals surface area contributed by atoms with E-state index in [1.807, 2.05) is 36.4 Å². The van der Waals surface area contributed by atoms with E-state index in [0.29, 0.717) is 28.4 Å². The van der Waals surface area contributed by atoms with E-state index in [-0.39, 0.29) is 31.1 Å². The van der Waals surface area contributed by atoms with Gasteiger partial charge in [-0.3, -0.25) is 13.9 Å². The number of amides is 1. The number of carbonyl (C=O) groups excluding carboxylic acids is 1. The lowest BCUT2D eigenvalue weighted by Gasteiger charge is -2.16. The van der Waals surface area contributed by atoms with Gasteiger partial charge in [-0.1, -0.05) is 38.1 Å². The summed E-state index contributed by atoms with van der Waals surface area (Å²) < 4.78 is 8.62. The molecule has 0 aliphatic rings. The van der Waals surface area contributed by atoms with E-state index in [9.17, 15) is 20.0 Å². The third kappa shape index (κ3) is 5.55. The number of benzene rings is 2. The van der Waals surface area contributed by atoms with Crippen LogP contribution in [-0.2, 0) is 11.3 Å². The van der Waals surface area contributed by atoms with E-state index >= 15 is 0 Å². The van der Waals surface area contributed by atoms with Gasteiger partial charge in [0.15, 0.2) is 11.5 Å². The Morgan fingerprint density at radius 1 is 1.16 bits per heavy atom. The molecule has 2 heterocycles. The summed E-state index contributed by atoms with van der Waals surface area (Å²) in [7, 11) is 0. The fourth-order valence-corrected chi connectivity index (χ4v) is 3.79. The van der Waals surface area contributed by atoms with Crippen molar-refractivity contribution in [2.24, 2.45) is 5.41 Å². The molecule has 38 heavy (non-hydrogen) atoms. The van der Waals surface area contributed by atoms with Gasteiger partial charge in [-0.05, 0) is 36.4 Å². The number of nitriles is 1. The summed E-state index contributed by atoms with van der Waals surface area (Å²) in [5, 5.41) is 21.4. The van der Waals surface area contributed by atoms with Crippen molar-refractivity contribution in [2.75, 3.05) is 18.9 Å². The van der Waals surface area contributed by atoms with Crippen molar-refractivity contribution in [3.8, 4) is 23.3 Å². The number of nitrogens with one attached hydrogen (secondary N) is 1. The van der Waals surface area contributed by atoms with Gasteiger partial charge in [0, 0.05) is 18.5 Å². The SMILES string of the molecule is CC(C)(C=C(C#N)C(=O)NCCn1c(=O)n(-c2ccc(Oc3ccccc3)cc2)c2c(N)ncnc21)CO. The van der Waals surface area contributed by atoms with E-state index in [4.69, 9.17) is 10.5 Å². The van der Waals surface area contributed by atoms with Gasteiger partial charge >= 0.3 is 5.69 Å². The molecule has 0 atom stereocenters. The Bertz CT molecular complexity index is 1580. The number of imidazole rings is 1. The second-order valence-electron chi connectivity index (χ2n) is 9.18. The Balaban J connectivity index is 1.59. The first-order valence-electron chi connectivity index (χ1n) is 11.8. The van der Waals surface area contributed by atoms with Crippen LogP contribution in [0.25, 0.3) is 16.9 Å². The molecule has 0 saturated heterocycles. The maximum Gasteiger partial charge on any atom is 0.335 e. The number of aliphatic hydroxyl groups excluding tert-OH is 1. The quantitative estimate of drug-likeness (QED) is 0.227. The van der Waals surface area contributed by atoms with E-state index in [1.165, 1.54) is 21.5 Å². The van der Waals surface area contributed by atoms with E-state index in [2.05, 4.69) is 15.3 Å². The molecule has 0 fully saturated rings. The van der Waals surface area contributed by atoms with Crippen molar-refractivity contribution >= 4 is 22.9 Å². The maximum absolute atomic E-state index is 13.5. The lowest BCUT2D eigenvalue weighted by Crippen LogP contribution is -2.32. The molecule has 2 aromatic carbocycles. The molecule has 4 aromatic rings. The Morgan fingerprint density at radius 2 is 1.84 bits per heavy atom. The fourth-order valence-electron chi connectivity index (χ4n) is 3.79. The van der Waals surface area contributed by atoms with Crippen LogP contribution in [0.2, 0.25) is 0 Å². The zero-order chi connectivity index (χ0) is 27.3. The number of hydrogen-bond donors (Lipinski definition) is 3. The Hall–Kier alpha value is -4.95. The second-order valence-corrected chi connectivity index (χ2v) is 9.18. The molecular weight excluding hydrogens is 486 g/mol. The number of para-hydroxylation sites is 1. The highest BCUT2D eigenvalue weighted by Crippen LogP contribution is 2.25. The van der Waals surface area contributed by atoms with Crippen LogP contribution in [0, 0.1) is 16.7 Å². The van der Waals surface area contributed by atoms with Gasteiger partial charge in [0.25, 0.3) is 5.91 Å². The van der Waals surface area contributed by atoms with Crippen LogP contribution in [0.4, 0.5) is 5.82 Å². The minimum Gasteiger partial charge on any atom is -0.457 e. The fraction of sp³-hybridized carbons (Fsp3) is 0.222. The number of fused-ring (bicyclic) bond motifs is 1. The summed E-state index contributed by atoms with van der Waals surface area (Å²) in [6.45, 7) is 3.31. The summed E-state index contributed by atoms with van der Waals surface area (Å²) in [5.41, 5.74) is 6.03. The molecule has 0 unspecified atom stereocenters. The standard InChI is InChI=1S/C27H27N7O4/c1-27(2,16-35)14-18(15-28)25(36)30-12-13-33-24-22(23(29)31-17-32-24)34(26(33)37)19-8-10-21(11-9-19)38-20-6-4-3-5-7-20/h3-11,14,17,35H,12-13,16H2,1-2H3,(H,30,36)(H2,29,31,32). The zero-order valence-electron chi connectivity index (χ0n) is 21.0. The minimum atomic E-state index is -0.733. The first kappa shape index (κ1) is 26.1. The zero-order valence-corrected chi connectivity index (χ0v) is 21.0. The first-order valence-corrected chi connectivity index (χ1v) is 11.8. The number of hydrogen-bond acceptors (Lipinski definition) is 8. The Labute approximate surface area is 218 Å². The number of carbonyl (C=O) groups is 1. The molecule has 0 aliphatic heterocycles. The normalized spacial score (nSPS) is 11.8. The number of nitrogen functional groups attached to an aromatic ring is 1. The summed E-state index contributed by atoms with van der Waals surface area (Å²) in [4.78, 5) is 34.3. The van der Waals surface area contributed by atoms with Gasteiger partial charge in [-0.2, -0.15) is 5.26 Å². The van der Waals surface area contributed by atoms with Gasteiger partial charge in [-0.15, -0.1) is 0 Å². The molecule has 194 valence electrons. The molecule has 0 bridgehead atoms. The lowest BCUT2D eigenvalue weighted by atomic mass is 9.92. The maximum atomic E-state index is 13.5. The van der Waals surface area contributed by atoms with Gasteiger partial charge in [0.2, 0.25) is 0 Å². The highest BCUT2D eigenvalue weighted by molar-refractivity contribution is 5.97. The van der Waals surface area contributed by atoms with Crippen LogP contribution >= 0.6 is 0 Å². The molecule has 11 heteroatoms. The van der Waals surface area contributed by atoms with Crippen LogP contribution in [0.15, 0.2) is 77.4 Å². The highest BCUT2D eigenvalue weighted by Gasteiger charge is 2.21. The number of nitrogens with zero attached hydrogens (tertiary/aromatic N) is 5. The molecular formula is C27H27N7O4. The van der Waals surface area contributed by atoms with Gasteiger partial charge < -0.3 is 20.9 Å². The molecule has 0 radical (unpaired) electrons. The Kier molecular flexibility index (Phi) is 7.55. The van der Waals surface area contributed by atoms with Crippen LogP contribution in [0.5, 0.6) is 11.5 Å². The van der Waals surface area contributed by atoms with Crippen molar-refractivity contribution in [2.45, 2.75) is 20.4 Å². The van der Waals surface area contributed by atoms with Gasteiger partial charge in [-0.25, -0.2) is 14.8 Å². The molecule has 11 nitrogen and oxygen atoms in total. The van der Waals surface area contributed by atoms with Crippen molar-refractivity contribution in [3.63, 3.8) is 0 Å². The summed E-state index contributed by atoms with van der Waals surface area (Å²) in [5.74, 6) is 0.798. The first-order chi connectivity index (χ1) is 18.2. The summed E-state index contributed by atoms with van der Waals surface area (Å²) in [6.07, 6.45) is 2.68. The average Bonchev–Trinajstić information content (AvgIpc) is 3.20. The van der Waals surface area contributed by atoms with Crippen molar-refractivity contribution in [1.29, 1.82) is 5.26 Å². The van der Waals surface area contributed by atoms with E-state index in [1.54, 1.807) is 38.1 Å². The number of aromatic nitrogens is 4. The average molecular weight is 514 g/mol. The lowest BCUT2D eigenvalue weighted by molar-refractivity contribution is -0.117. The molecule has 0 aliphatic carbocycles. The van der Waals surface area contributed by atoms with Gasteiger partial charge in [0.05, 0.1) is 12.3 Å². The molecule has 4 N–H and O–H groups in total. The predicted octanol–water partition coefficient (Wildman–Crippen LogP) is 2.54. The largest absolute Gasteiger partial charge is 0.457 e. The van der Waals surface area contributed by atoms with Crippen LogP contribution in [0.1, 0.15) is 13.8 Å². The van der Waals surface area contributed by atoms with E-state index < -0.39 is 17.0 Å². The van der Waals surface area contributed by atoms with Gasteiger partial charge in [0.1, 0.15) is 35.0 Å². The highest BCUT2D eigenvalue weighted by atomic mass is 16.5. The minimum absolute atomic E-state index is 0.0458. The number of ether oxygens (including phenoxy) is 1. The third-order valence-electron chi connectivity index (χ3n) is 5.74. The van der Waals surface area contributed by atoms with E-state index in [0.717, 1.165) is 0 Å². The predicted molar refractivity (Wildman–Crippen MR) is 142 cm³/mol. The summed E-state index contributed by atoms with van der Waals surface area (Å²) in [6, 6.07) is 18.1. The number of aliphatic hydroxyl groups is 1. The van der Waals surface area contributed by atoms with Crippen molar-refractivity contribution in [3.05, 3.63) is 83.1 Å². The van der Waals surface area contributed by atoms with Crippen LogP contribution < -0.4 is 21.5 Å². The number of anilines is 1. The summed E-state index contributed by atoms with van der Waals surface area (Å²) >= 11 is 0. The Morgan fingerprint density at radius 3 is 2.50 bits per heavy atom. The molecule has 1 amide bonds. The molecule has 0 saturated carbocycles. The smallest absolute Gasteiger partial charge is 0.335 e. The monoisotopic (exact) mass is 513 g/mol. The number of nitrogens with two attached hydrogens (primary N) is 1. The topological polar surface area (TPSA) is 161 Å². The molecule has 4 rings (SSSR count). The van der Waals surface area contributed by atoms with Crippen molar-refractivity contribution in [1.82, 2.24) is 24.4 Å². The van der Waals surface area contributed by atoms with Crippen LogP contribution in [-0.4, -0.2) is 43.3 Å². The molecule has 0 spiro atoms. The number of rotatable bonds is 9.